The fourth-order valence-electron chi connectivity index (χ4n) is 5.25. The van der Waals surface area contributed by atoms with E-state index in [0.29, 0.717) is 43.9 Å². The van der Waals surface area contributed by atoms with Gasteiger partial charge in [0.05, 0.1) is 23.1 Å². The first-order chi connectivity index (χ1) is 16.5. The molecule has 4 rings (SSSR count). The zero-order valence-corrected chi connectivity index (χ0v) is 19.8. The molecule has 186 valence electrons. The lowest BCUT2D eigenvalue weighted by Crippen LogP contribution is -2.49. The summed E-state index contributed by atoms with van der Waals surface area (Å²) >= 11 is 0. The second kappa shape index (κ2) is 8.91. The van der Waals surface area contributed by atoms with E-state index in [2.05, 4.69) is 10.4 Å². The van der Waals surface area contributed by atoms with Crippen molar-refractivity contribution >= 4 is 17.5 Å². The minimum absolute atomic E-state index is 0.169. The first-order valence-electron chi connectivity index (χ1n) is 11.4. The van der Waals surface area contributed by atoms with Crippen molar-refractivity contribution in [2.24, 2.45) is 18.4 Å². The summed E-state index contributed by atoms with van der Waals surface area (Å²) in [4.78, 5) is 29.3. The molecule has 35 heavy (non-hydrogen) atoms. The molecule has 1 unspecified atom stereocenters. The van der Waals surface area contributed by atoms with E-state index in [1.165, 1.54) is 12.1 Å². The Kier molecular flexibility index (Phi) is 6.25. The normalized spacial score (nSPS) is 19.6. The molecule has 2 saturated heterocycles. The van der Waals surface area contributed by atoms with E-state index in [9.17, 15) is 22.8 Å². The van der Waals surface area contributed by atoms with Crippen molar-refractivity contribution < 1.29 is 22.8 Å². The standard InChI is InChI=1S/C24H27F3N6O2/c1-15-10-20(30-31(15)3)22(35)32-8-6-23(7-9-32)14-33(13-19(23)21(34)29-2)17-5-4-16(12-28)18(11-17)24(25,26)27/h4-5,10-11,19H,6-9,13-14H2,1-3H3,(H,29,34). The number of carbonyl (C=O) groups is 2. The summed E-state index contributed by atoms with van der Waals surface area (Å²) in [5.41, 5.74) is -0.341. The Morgan fingerprint density at radius 2 is 1.91 bits per heavy atom. The highest BCUT2D eigenvalue weighted by atomic mass is 19.4. The van der Waals surface area contributed by atoms with Gasteiger partial charge in [0.2, 0.25) is 5.91 Å². The number of benzene rings is 1. The van der Waals surface area contributed by atoms with E-state index >= 15 is 0 Å². The molecular weight excluding hydrogens is 461 g/mol. The van der Waals surface area contributed by atoms with Crippen LogP contribution in [0.25, 0.3) is 0 Å². The van der Waals surface area contributed by atoms with E-state index in [1.807, 2.05) is 6.92 Å². The number of amides is 2. The van der Waals surface area contributed by atoms with Gasteiger partial charge in [-0.15, -0.1) is 0 Å². The molecule has 0 radical (unpaired) electrons. The quantitative estimate of drug-likeness (QED) is 0.717. The first kappa shape index (κ1) is 24.6. The molecular formula is C24H27F3N6O2. The van der Waals surface area contributed by atoms with Crippen molar-refractivity contribution in [1.82, 2.24) is 20.0 Å². The summed E-state index contributed by atoms with van der Waals surface area (Å²) in [5, 5.41) is 16.1. The average Bonchev–Trinajstić information content (AvgIpc) is 3.37. The number of alkyl halides is 3. The monoisotopic (exact) mass is 488 g/mol. The Balaban J connectivity index is 1.57. The predicted octanol–water partition coefficient (Wildman–Crippen LogP) is 2.72. The fraction of sp³-hybridized carbons (Fsp3) is 0.500. The van der Waals surface area contributed by atoms with Crippen LogP contribution in [0.15, 0.2) is 24.3 Å². The minimum atomic E-state index is -4.66. The van der Waals surface area contributed by atoms with E-state index in [0.717, 1.165) is 11.8 Å². The zero-order valence-electron chi connectivity index (χ0n) is 19.8. The van der Waals surface area contributed by atoms with Crippen LogP contribution in [0.5, 0.6) is 0 Å². The highest BCUT2D eigenvalue weighted by molar-refractivity contribution is 5.92. The van der Waals surface area contributed by atoms with Crippen LogP contribution in [0.2, 0.25) is 0 Å². The predicted molar refractivity (Wildman–Crippen MR) is 121 cm³/mol. The second-order valence-electron chi connectivity index (χ2n) is 9.34. The molecule has 3 heterocycles. The number of carbonyl (C=O) groups excluding carboxylic acids is 2. The van der Waals surface area contributed by atoms with Crippen LogP contribution in [0.1, 0.15) is 40.2 Å². The number of hydrogen-bond donors (Lipinski definition) is 1. The molecule has 11 heteroatoms. The van der Waals surface area contributed by atoms with Gasteiger partial charge in [0.1, 0.15) is 0 Å². The molecule has 2 aliphatic heterocycles. The van der Waals surface area contributed by atoms with Crippen LogP contribution in [-0.2, 0) is 18.0 Å². The average molecular weight is 489 g/mol. The van der Waals surface area contributed by atoms with Crippen molar-refractivity contribution in [3.05, 3.63) is 46.8 Å². The van der Waals surface area contributed by atoms with Crippen LogP contribution < -0.4 is 10.2 Å². The number of piperidine rings is 1. The number of nitrogens with zero attached hydrogens (tertiary/aromatic N) is 5. The van der Waals surface area contributed by atoms with Crippen molar-refractivity contribution in [1.29, 1.82) is 5.26 Å². The summed E-state index contributed by atoms with van der Waals surface area (Å²) in [6, 6.07) is 6.99. The Morgan fingerprint density at radius 3 is 2.46 bits per heavy atom. The number of aryl methyl sites for hydroxylation is 2. The Hall–Kier alpha value is -3.55. The lowest BCUT2D eigenvalue weighted by Gasteiger charge is -2.41. The number of aromatic nitrogens is 2. The van der Waals surface area contributed by atoms with Crippen LogP contribution in [0.4, 0.5) is 18.9 Å². The van der Waals surface area contributed by atoms with E-state index < -0.39 is 28.6 Å². The van der Waals surface area contributed by atoms with Crippen LogP contribution in [-0.4, -0.2) is 59.7 Å². The SMILES string of the molecule is CNC(=O)C1CN(c2ccc(C#N)c(C(F)(F)F)c2)CC12CCN(C(=O)c1cc(C)n(C)n1)CC2. The van der Waals surface area contributed by atoms with Crippen LogP contribution in [0.3, 0.4) is 0 Å². The van der Waals surface area contributed by atoms with Gasteiger partial charge in [-0.1, -0.05) is 0 Å². The molecule has 2 aliphatic rings. The second-order valence-corrected chi connectivity index (χ2v) is 9.34. The molecule has 1 aromatic heterocycles. The lowest BCUT2D eigenvalue weighted by molar-refractivity contribution is -0.137. The highest BCUT2D eigenvalue weighted by Crippen LogP contribution is 2.47. The van der Waals surface area contributed by atoms with E-state index in [1.54, 1.807) is 40.7 Å². The summed E-state index contributed by atoms with van der Waals surface area (Å²) in [6.07, 6.45) is -3.57. The Labute approximate surface area is 201 Å². The zero-order chi connectivity index (χ0) is 25.5. The number of rotatable bonds is 3. The third-order valence-electron chi connectivity index (χ3n) is 7.38. The molecule has 1 atom stereocenters. The van der Waals surface area contributed by atoms with Gasteiger partial charge in [-0.05, 0) is 44.0 Å². The number of nitriles is 1. The van der Waals surface area contributed by atoms with Gasteiger partial charge in [-0.2, -0.15) is 23.5 Å². The number of hydrogen-bond acceptors (Lipinski definition) is 5. The number of halogens is 3. The molecule has 8 nitrogen and oxygen atoms in total. The molecule has 0 bridgehead atoms. The topological polar surface area (TPSA) is 94.3 Å². The molecule has 0 aliphatic carbocycles. The van der Waals surface area contributed by atoms with Gasteiger partial charge in [-0.25, -0.2) is 0 Å². The van der Waals surface area contributed by atoms with Crippen molar-refractivity contribution in [3.8, 4) is 6.07 Å². The van der Waals surface area contributed by atoms with Gasteiger partial charge >= 0.3 is 6.18 Å². The molecule has 1 spiro atoms. The first-order valence-corrected chi connectivity index (χ1v) is 11.4. The molecule has 2 amide bonds. The van der Waals surface area contributed by atoms with Crippen molar-refractivity contribution in [3.63, 3.8) is 0 Å². The summed E-state index contributed by atoms with van der Waals surface area (Å²) in [5.74, 6) is -0.777. The molecule has 2 aromatic rings. The third-order valence-corrected chi connectivity index (χ3v) is 7.38. The van der Waals surface area contributed by atoms with Gasteiger partial charge in [0.25, 0.3) is 5.91 Å². The number of likely N-dealkylation sites (tertiary alicyclic amines) is 1. The maximum absolute atomic E-state index is 13.5. The maximum atomic E-state index is 13.5. The molecule has 1 N–H and O–H groups in total. The fourth-order valence-corrected chi connectivity index (χ4v) is 5.25. The van der Waals surface area contributed by atoms with Gasteiger partial charge < -0.3 is 15.1 Å². The van der Waals surface area contributed by atoms with Gasteiger partial charge in [0, 0.05) is 57.1 Å². The molecule has 0 saturated carbocycles. The largest absolute Gasteiger partial charge is 0.417 e. The summed E-state index contributed by atoms with van der Waals surface area (Å²) in [7, 11) is 3.32. The van der Waals surface area contributed by atoms with Crippen molar-refractivity contribution in [2.45, 2.75) is 25.9 Å². The van der Waals surface area contributed by atoms with E-state index in [-0.39, 0.29) is 18.4 Å². The smallest absolute Gasteiger partial charge is 0.370 e. The van der Waals surface area contributed by atoms with E-state index in [4.69, 9.17) is 5.26 Å². The van der Waals surface area contributed by atoms with Crippen molar-refractivity contribution in [2.75, 3.05) is 38.1 Å². The summed E-state index contributed by atoms with van der Waals surface area (Å²) in [6.45, 7) is 3.37. The third kappa shape index (κ3) is 4.45. The maximum Gasteiger partial charge on any atom is 0.417 e. The number of anilines is 1. The molecule has 1 aromatic carbocycles. The Morgan fingerprint density at radius 1 is 1.23 bits per heavy atom. The lowest BCUT2D eigenvalue weighted by atomic mass is 9.70. The highest BCUT2D eigenvalue weighted by Gasteiger charge is 2.51. The minimum Gasteiger partial charge on any atom is -0.370 e. The van der Waals surface area contributed by atoms with Crippen LogP contribution >= 0.6 is 0 Å². The van der Waals surface area contributed by atoms with Crippen LogP contribution in [0, 0.1) is 29.6 Å². The van der Waals surface area contributed by atoms with Gasteiger partial charge in [-0.3, -0.25) is 14.3 Å². The molecule has 2 fully saturated rings. The van der Waals surface area contributed by atoms with Gasteiger partial charge in [0.15, 0.2) is 5.69 Å². The number of nitrogens with one attached hydrogen (secondary N) is 1. The Bertz CT molecular complexity index is 1170. The summed E-state index contributed by atoms with van der Waals surface area (Å²) < 4.78 is 42.2.